The van der Waals surface area contributed by atoms with Crippen molar-refractivity contribution in [2.75, 3.05) is 6.61 Å². The fourth-order valence-corrected chi connectivity index (χ4v) is 2.84. The predicted molar refractivity (Wildman–Crippen MR) is 86.7 cm³/mol. The SMILES string of the molecule is Cc1ccnc([C@@H](NC(=O)[C@@H]2COc3ccccc3O2)C2CC2)n1. The van der Waals surface area contributed by atoms with Gasteiger partial charge in [-0.25, -0.2) is 9.97 Å². The van der Waals surface area contributed by atoms with Crippen LogP contribution in [0.3, 0.4) is 0 Å². The van der Waals surface area contributed by atoms with Crippen molar-refractivity contribution in [3.05, 3.63) is 48.0 Å². The van der Waals surface area contributed by atoms with Crippen LogP contribution in [0.1, 0.15) is 30.4 Å². The summed E-state index contributed by atoms with van der Waals surface area (Å²) in [5.74, 6) is 2.14. The van der Waals surface area contributed by atoms with Crippen LogP contribution in [0.25, 0.3) is 0 Å². The maximum atomic E-state index is 12.6. The molecule has 1 aromatic carbocycles. The Morgan fingerprint density at radius 2 is 2.04 bits per heavy atom. The van der Waals surface area contributed by atoms with Gasteiger partial charge >= 0.3 is 0 Å². The highest BCUT2D eigenvalue weighted by Crippen LogP contribution is 2.40. The zero-order valence-electron chi connectivity index (χ0n) is 13.4. The average Bonchev–Trinajstić information content (AvgIpc) is 3.44. The van der Waals surface area contributed by atoms with Crippen LogP contribution < -0.4 is 14.8 Å². The van der Waals surface area contributed by atoms with E-state index in [-0.39, 0.29) is 18.6 Å². The van der Waals surface area contributed by atoms with Gasteiger partial charge in [-0.05, 0) is 43.9 Å². The Bertz CT molecular complexity index is 761. The molecule has 2 atom stereocenters. The minimum absolute atomic E-state index is 0.168. The first kappa shape index (κ1) is 14.9. The fourth-order valence-electron chi connectivity index (χ4n) is 2.84. The molecule has 2 aliphatic rings. The van der Waals surface area contributed by atoms with Crippen LogP contribution in [-0.4, -0.2) is 28.6 Å². The van der Waals surface area contributed by atoms with Gasteiger partial charge in [-0.3, -0.25) is 4.79 Å². The van der Waals surface area contributed by atoms with Crippen molar-refractivity contribution in [1.82, 2.24) is 15.3 Å². The van der Waals surface area contributed by atoms with Gasteiger partial charge in [0, 0.05) is 11.9 Å². The second kappa shape index (κ2) is 6.11. The van der Waals surface area contributed by atoms with Gasteiger partial charge in [0.05, 0.1) is 6.04 Å². The molecular weight excluding hydrogens is 306 g/mol. The number of aromatic nitrogens is 2. The van der Waals surface area contributed by atoms with Gasteiger partial charge in [0.15, 0.2) is 17.3 Å². The number of ether oxygens (including phenoxy) is 2. The van der Waals surface area contributed by atoms with Crippen molar-refractivity contribution in [2.45, 2.75) is 31.9 Å². The number of rotatable bonds is 4. The van der Waals surface area contributed by atoms with Crippen molar-refractivity contribution in [2.24, 2.45) is 5.92 Å². The van der Waals surface area contributed by atoms with Crippen molar-refractivity contribution < 1.29 is 14.3 Å². The molecule has 0 radical (unpaired) electrons. The molecule has 124 valence electrons. The van der Waals surface area contributed by atoms with Crippen molar-refractivity contribution in [3.8, 4) is 11.5 Å². The fraction of sp³-hybridized carbons (Fsp3) is 0.389. The van der Waals surface area contributed by atoms with Gasteiger partial charge in [0.1, 0.15) is 6.61 Å². The molecule has 1 N–H and O–H groups in total. The van der Waals surface area contributed by atoms with E-state index in [0.717, 1.165) is 18.5 Å². The smallest absolute Gasteiger partial charge is 0.265 e. The zero-order chi connectivity index (χ0) is 16.5. The number of nitrogens with one attached hydrogen (secondary N) is 1. The molecule has 0 saturated heterocycles. The minimum Gasteiger partial charge on any atom is -0.485 e. The van der Waals surface area contributed by atoms with Crippen LogP contribution in [0.15, 0.2) is 36.5 Å². The molecule has 6 heteroatoms. The lowest BCUT2D eigenvalue weighted by molar-refractivity contribution is -0.131. The number of aryl methyl sites for hydroxylation is 1. The summed E-state index contributed by atoms with van der Waals surface area (Å²) in [6, 6.07) is 9.05. The number of fused-ring (bicyclic) bond motifs is 1. The molecule has 0 spiro atoms. The normalized spacial score (nSPS) is 20.3. The predicted octanol–water partition coefficient (Wildman–Crippen LogP) is 2.19. The lowest BCUT2D eigenvalue weighted by Crippen LogP contribution is -2.45. The molecule has 1 aliphatic heterocycles. The summed E-state index contributed by atoms with van der Waals surface area (Å²) in [5.41, 5.74) is 0.895. The second-order valence-electron chi connectivity index (χ2n) is 6.24. The Kier molecular flexibility index (Phi) is 3.80. The maximum Gasteiger partial charge on any atom is 0.265 e. The summed E-state index contributed by atoms with van der Waals surface area (Å²) in [6.45, 7) is 2.13. The van der Waals surface area contributed by atoms with Gasteiger partial charge in [0.2, 0.25) is 6.10 Å². The highest BCUT2D eigenvalue weighted by Gasteiger charge is 2.37. The molecule has 1 amide bonds. The van der Waals surface area contributed by atoms with Crippen molar-refractivity contribution >= 4 is 5.91 Å². The Labute approximate surface area is 140 Å². The lowest BCUT2D eigenvalue weighted by atomic mass is 10.1. The summed E-state index contributed by atoms with van der Waals surface area (Å²) in [6.07, 6.45) is 3.22. The summed E-state index contributed by atoms with van der Waals surface area (Å²) in [7, 11) is 0. The number of para-hydroxylation sites is 2. The molecule has 2 heterocycles. The third-order valence-electron chi connectivity index (χ3n) is 4.28. The summed E-state index contributed by atoms with van der Waals surface area (Å²) in [4.78, 5) is 21.4. The van der Waals surface area contributed by atoms with E-state index in [1.807, 2.05) is 31.2 Å². The Balaban J connectivity index is 1.48. The van der Waals surface area contributed by atoms with E-state index in [4.69, 9.17) is 9.47 Å². The van der Waals surface area contributed by atoms with Crippen molar-refractivity contribution in [1.29, 1.82) is 0 Å². The van der Waals surface area contributed by atoms with Crippen LogP contribution in [0.4, 0.5) is 0 Å². The molecule has 6 nitrogen and oxygen atoms in total. The minimum atomic E-state index is -0.661. The van der Waals surface area contributed by atoms with E-state index in [2.05, 4.69) is 15.3 Å². The first-order valence-corrected chi connectivity index (χ1v) is 8.19. The molecule has 1 aliphatic carbocycles. The zero-order valence-corrected chi connectivity index (χ0v) is 13.4. The van der Waals surface area contributed by atoms with Crippen LogP contribution in [-0.2, 0) is 4.79 Å². The van der Waals surface area contributed by atoms with Gasteiger partial charge in [-0.2, -0.15) is 0 Å². The first-order chi connectivity index (χ1) is 11.7. The molecule has 1 fully saturated rings. The third-order valence-corrected chi connectivity index (χ3v) is 4.28. The van der Waals surface area contributed by atoms with E-state index in [1.165, 1.54) is 0 Å². The Morgan fingerprint density at radius 1 is 1.25 bits per heavy atom. The van der Waals surface area contributed by atoms with E-state index < -0.39 is 6.10 Å². The second-order valence-corrected chi connectivity index (χ2v) is 6.24. The van der Waals surface area contributed by atoms with Crippen LogP contribution in [0.5, 0.6) is 11.5 Å². The molecule has 0 bridgehead atoms. The quantitative estimate of drug-likeness (QED) is 0.933. The summed E-state index contributed by atoms with van der Waals surface area (Å²) >= 11 is 0. The van der Waals surface area contributed by atoms with E-state index in [9.17, 15) is 4.79 Å². The number of carbonyl (C=O) groups is 1. The maximum absolute atomic E-state index is 12.6. The Hall–Kier alpha value is -2.63. The number of amides is 1. The highest BCUT2D eigenvalue weighted by molar-refractivity contribution is 5.82. The van der Waals surface area contributed by atoms with Crippen LogP contribution in [0, 0.1) is 12.8 Å². The molecule has 2 aromatic rings. The van der Waals surface area contributed by atoms with E-state index >= 15 is 0 Å². The highest BCUT2D eigenvalue weighted by atomic mass is 16.6. The number of carbonyl (C=O) groups excluding carboxylic acids is 1. The van der Waals surface area contributed by atoms with Gasteiger partial charge in [-0.1, -0.05) is 12.1 Å². The molecule has 0 unspecified atom stereocenters. The Morgan fingerprint density at radius 3 is 2.79 bits per heavy atom. The molecule has 1 aromatic heterocycles. The number of hydrogen-bond donors (Lipinski definition) is 1. The average molecular weight is 325 g/mol. The molecule has 24 heavy (non-hydrogen) atoms. The molecule has 4 rings (SSSR count). The third kappa shape index (κ3) is 3.04. The van der Waals surface area contributed by atoms with Gasteiger partial charge < -0.3 is 14.8 Å². The van der Waals surface area contributed by atoms with Gasteiger partial charge in [-0.15, -0.1) is 0 Å². The van der Waals surface area contributed by atoms with Crippen LogP contribution in [0.2, 0.25) is 0 Å². The number of benzene rings is 1. The largest absolute Gasteiger partial charge is 0.485 e. The lowest BCUT2D eigenvalue weighted by Gasteiger charge is -2.27. The van der Waals surface area contributed by atoms with E-state index in [0.29, 0.717) is 23.2 Å². The molecular formula is C18H19N3O3. The van der Waals surface area contributed by atoms with E-state index in [1.54, 1.807) is 12.3 Å². The number of nitrogens with zero attached hydrogens (tertiary/aromatic N) is 2. The van der Waals surface area contributed by atoms with Crippen LogP contribution >= 0.6 is 0 Å². The van der Waals surface area contributed by atoms with Crippen molar-refractivity contribution in [3.63, 3.8) is 0 Å². The topological polar surface area (TPSA) is 73.3 Å². The molecule has 1 saturated carbocycles. The summed E-state index contributed by atoms with van der Waals surface area (Å²) < 4.78 is 11.4. The number of hydrogen-bond acceptors (Lipinski definition) is 5. The first-order valence-electron chi connectivity index (χ1n) is 8.19. The van der Waals surface area contributed by atoms with Gasteiger partial charge in [0.25, 0.3) is 5.91 Å². The summed E-state index contributed by atoms with van der Waals surface area (Å²) in [5, 5.41) is 3.05. The monoisotopic (exact) mass is 325 g/mol. The standard InChI is InChI=1S/C18H19N3O3/c1-11-8-9-19-17(20-11)16(12-6-7-12)21-18(22)15-10-23-13-4-2-3-5-14(13)24-15/h2-5,8-9,12,15-16H,6-7,10H2,1H3,(H,21,22)/t15-,16-/m0/s1.